The number of methoxy groups -OCH3 is 1. The van der Waals surface area contributed by atoms with Gasteiger partial charge in [0.1, 0.15) is 5.60 Å². The van der Waals surface area contributed by atoms with Crippen molar-refractivity contribution in [1.82, 2.24) is 0 Å². The Morgan fingerprint density at radius 2 is 1.50 bits per heavy atom. The number of ether oxygens (including phenoxy) is 3. The van der Waals surface area contributed by atoms with Crippen LogP contribution in [0.25, 0.3) is 0 Å². The van der Waals surface area contributed by atoms with Crippen molar-refractivity contribution in [1.29, 1.82) is 0 Å². The maximum absolute atomic E-state index is 11.2. The third kappa shape index (κ3) is 7.78. The summed E-state index contributed by atoms with van der Waals surface area (Å²) in [5.41, 5.74) is -0.594. The van der Waals surface area contributed by atoms with E-state index < -0.39 is 23.7 Å². The van der Waals surface area contributed by atoms with E-state index in [-0.39, 0.29) is 12.8 Å². The van der Waals surface area contributed by atoms with Crippen molar-refractivity contribution in [3.8, 4) is 0 Å². The van der Waals surface area contributed by atoms with E-state index in [4.69, 9.17) is 4.74 Å². The van der Waals surface area contributed by atoms with E-state index in [2.05, 4.69) is 9.47 Å². The summed E-state index contributed by atoms with van der Waals surface area (Å²) in [6.45, 7) is 5.16. The number of hydrogen-bond acceptors (Lipinski definition) is 6. The highest BCUT2D eigenvalue weighted by molar-refractivity contribution is 5.84. The van der Waals surface area contributed by atoms with Crippen LogP contribution in [0.4, 0.5) is 4.79 Å². The highest BCUT2D eigenvalue weighted by Gasteiger charge is 2.18. The Kier molecular flexibility index (Phi) is 5.49. The molecule has 0 N–H and O–H groups in total. The van der Waals surface area contributed by atoms with Crippen molar-refractivity contribution in [2.45, 2.75) is 39.2 Å². The second-order valence-corrected chi connectivity index (χ2v) is 4.01. The summed E-state index contributed by atoms with van der Waals surface area (Å²) in [4.78, 5) is 32.6. The van der Waals surface area contributed by atoms with Gasteiger partial charge in [-0.05, 0) is 20.8 Å². The zero-order valence-corrected chi connectivity index (χ0v) is 9.86. The highest BCUT2D eigenvalue weighted by Crippen LogP contribution is 2.09. The zero-order chi connectivity index (χ0) is 12.8. The van der Waals surface area contributed by atoms with Crippen LogP contribution in [-0.2, 0) is 23.8 Å². The van der Waals surface area contributed by atoms with E-state index in [0.717, 1.165) is 7.11 Å². The first-order valence-corrected chi connectivity index (χ1v) is 4.75. The van der Waals surface area contributed by atoms with Crippen LogP contribution < -0.4 is 0 Å². The minimum absolute atomic E-state index is 0.132. The van der Waals surface area contributed by atoms with Crippen LogP contribution in [0.2, 0.25) is 0 Å². The van der Waals surface area contributed by atoms with Gasteiger partial charge in [-0.15, -0.1) is 0 Å². The summed E-state index contributed by atoms with van der Waals surface area (Å²) in [6, 6.07) is 0. The monoisotopic (exact) mass is 232 g/mol. The molecule has 6 heteroatoms. The summed E-state index contributed by atoms with van der Waals surface area (Å²) in [6.07, 6.45) is -1.44. The molecule has 0 aliphatic carbocycles. The minimum atomic E-state index is -1.09. The quantitative estimate of drug-likeness (QED) is 0.540. The fraction of sp³-hybridized carbons (Fsp3) is 0.700. The summed E-state index contributed by atoms with van der Waals surface area (Å²) in [5.74, 6) is -1.34. The van der Waals surface area contributed by atoms with Gasteiger partial charge in [0.05, 0.1) is 20.0 Å². The van der Waals surface area contributed by atoms with Crippen molar-refractivity contribution in [3.05, 3.63) is 0 Å². The maximum atomic E-state index is 11.2. The molecule has 6 nitrogen and oxygen atoms in total. The molecule has 0 aliphatic rings. The van der Waals surface area contributed by atoms with E-state index in [0.29, 0.717) is 0 Å². The van der Waals surface area contributed by atoms with Crippen LogP contribution in [0.15, 0.2) is 0 Å². The molecule has 0 fully saturated rings. The third-order valence-electron chi connectivity index (χ3n) is 1.32. The van der Waals surface area contributed by atoms with Gasteiger partial charge in [-0.1, -0.05) is 0 Å². The van der Waals surface area contributed by atoms with Gasteiger partial charge in [-0.25, -0.2) is 4.79 Å². The molecule has 0 atom stereocenters. The van der Waals surface area contributed by atoms with Gasteiger partial charge in [-0.2, -0.15) is 0 Å². The molecule has 0 bridgehead atoms. The highest BCUT2D eigenvalue weighted by atomic mass is 16.7. The van der Waals surface area contributed by atoms with Crippen LogP contribution in [0, 0.1) is 0 Å². The van der Waals surface area contributed by atoms with E-state index in [9.17, 15) is 14.4 Å². The van der Waals surface area contributed by atoms with Crippen molar-refractivity contribution < 1.29 is 28.6 Å². The average Bonchev–Trinajstić information content (AvgIpc) is 2.12. The summed E-state index contributed by atoms with van der Waals surface area (Å²) in [5, 5.41) is 0. The molecule has 0 spiro atoms. The number of carbonyl (C=O) groups excluding carboxylic acids is 3. The van der Waals surface area contributed by atoms with Gasteiger partial charge in [0.15, 0.2) is 0 Å². The Morgan fingerprint density at radius 1 is 1.00 bits per heavy atom. The molecule has 0 rings (SSSR count). The minimum Gasteiger partial charge on any atom is -0.460 e. The molecule has 0 radical (unpaired) electrons. The first-order chi connectivity index (χ1) is 7.24. The van der Waals surface area contributed by atoms with Gasteiger partial charge in [-0.3, -0.25) is 9.59 Å². The van der Waals surface area contributed by atoms with Gasteiger partial charge < -0.3 is 14.2 Å². The Morgan fingerprint density at radius 3 is 1.94 bits per heavy atom. The molecule has 0 saturated heterocycles. The number of hydrogen-bond donors (Lipinski definition) is 0. The smallest absolute Gasteiger partial charge is 0.460 e. The van der Waals surface area contributed by atoms with Crippen molar-refractivity contribution in [2.75, 3.05) is 7.11 Å². The summed E-state index contributed by atoms with van der Waals surface area (Å²) >= 11 is 0. The lowest BCUT2D eigenvalue weighted by Crippen LogP contribution is -2.24. The molecule has 0 aliphatic heterocycles. The normalized spacial score (nSPS) is 10.5. The lowest BCUT2D eigenvalue weighted by molar-refractivity contribution is -0.157. The molecule has 0 aromatic heterocycles. The van der Waals surface area contributed by atoms with E-state index in [1.165, 1.54) is 0 Å². The molecule has 0 unspecified atom stereocenters. The number of rotatable bonds is 3. The summed E-state index contributed by atoms with van der Waals surface area (Å²) in [7, 11) is 1.09. The molecule has 0 saturated carbocycles. The first kappa shape index (κ1) is 14.4. The van der Waals surface area contributed by atoms with Crippen LogP contribution in [0.3, 0.4) is 0 Å². The molecule has 0 aromatic carbocycles. The molecular formula is C10H16O6. The second kappa shape index (κ2) is 6.09. The van der Waals surface area contributed by atoms with Gasteiger partial charge >= 0.3 is 18.1 Å². The van der Waals surface area contributed by atoms with E-state index >= 15 is 0 Å². The van der Waals surface area contributed by atoms with Crippen LogP contribution >= 0.6 is 0 Å². The molecule has 0 heterocycles. The van der Waals surface area contributed by atoms with Crippen molar-refractivity contribution in [2.24, 2.45) is 0 Å². The Labute approximate surface area is 93.8 Å². The van der Waals surface area contributed by atoms with Crippen LogP contribution in [-0.4, -0.2) is 30.8 Å². The zero-order valence-electron chi connectivity index (χ0n) is 9.86. The molecule has 0 aromatic rings. The van der Waals surface area contributed by atoms with Gasteiger partial charge in [0.25, 0.3) is 0 Å². The SMILES string of the molecule is COC(=O)OC(=O)CCC(=O)OC(C)(C)C. The maximum Gasteiger partial charge on any atom is 0.515 e. The molecular weight excluding hydrogens is 216 g/mol. The largest absolute Gasteiger partial charge is 0.515 e. The Balaban J connectivity index is 3.84. The number of carbonyl (C=O) groups is 3. The number of esters is 2. The lowest BCUT2D eigenvalue weighted by Gasteiger charge is -2.19. The predicted octanol–water partition coefficient (Wildman–Crippen LogP) is 1.42. The summed E-state index contributed by atoms with van der Waals surface area (Å²) < 4.78 is 13.2. The van der Waals surface area contributed by atoms with E-state index in [1.807, 2.05) is 0 Å². The Bertz CT molecular complexity index is 276. The molecule has 0 amide bonds. The van der Waals surface area contributed by atoms with Gasteiger partial charge in [0, 0.05) is 0 Å². The molecule has 16 heavy (non-hydrogen) atoms. The Hall–Kier alpha value is -1.59. The predicted molar refractivity (Wildman–Crippen MR) is 53.6 cm³/mol. The van der Waals surface area contributed by atoms with Crippen molar-refractivity contribution in [3.63, 3.8) is 0 Å². The average molecular weight is 232 g/mol. The van der Waals surface area contributed by atoms with Crippen LogP contribution in [0.1, 0.15) is 33.6 Å². The fourth-order valence-electron chi connectivity index (χ4n) is 0.782. The lowest BCUT2D eigenvalue weighted by atomic mass is 10.2. The second-order valence-electron chi connectivity index (χ2n) is 4.01. The molecule has 92 valence electrons. The fourth-order valence-corrected chi connectivity index (χ4v) is 0.782. The van der Waals surface area contributed by atoms with E-state index in [1.54, 1.807) is 20.8 Å². The standard InChI is InChI=1S/C10H16O6/c1-10(2,3)16-8(12)6-5-7(11)15-9(13)14-4/h5-6H2,1-4H3. The topological polar surface area (TPSA) is 78.9 Å². The van der Waals surface area contributed by atoms with Gasteiger partial charge in [0.2, 0.25) is 0 Å². The van der Waals surface area contributed by atoms with Crippen molar-refractivity contribution >= 4 is 18.1 Å². The van der Waals surface area contributed by atoms with Crippen LogP contribution in [0.5, 0.6) is 0 Å². The first-order valence-electron chi connectivity index (χ1n) is 4.75. The third-order valence-corrected chi connectivity index (χ3v) is 1.32.